The summed E-state index contributed by atoms with van der Waals surface area (Å²) in [5.74, 6) is -7.75. The number of hydrogen-bond donors (Lipinski definition) is 13. The fourth-order valence-electron chi connectivity index (χ4n) is 10.1. The van der Waals surface area contributed by atoms with Gasteiger partial charge in [0.1, 0.15) is 23.9 Å². The van der Waals surface area contributed by atoms with Crippen molar-refractivity contribution in [3.8, 4) is 0 Å². The molecule has 0 spiro atoms. The summed E-state index contributed by atoms with van der Waals surface area (Å²) in [6.07, 6.45) is 1.86. The minimum atomic E-state index is -2.34. The van der Waals surface area contributed by atoms with Crippen LogP contribution in [0.3, 0.4) is 0 Å². The lowest BCUT2D eigenvalue weighted by Crippen LogP contribution is -2.61. The molecule has 0 aliphatic carbocycles. The van der Waals surface area contributed by atoms with Crippen LogP contribution < -0.4 is 11.1 Å². The summed E-state index contributed by atoms with van der Waals surface area (Å²) < 4.78 is 23.7. The summed E-state index contributed by atoms with van der Waals surface area (Å²) in [5, 5.41) is 122. The molecular weight excluding hydrogens is 1040 g/mol. The van der Waals surface area contributed by atoms with Crippen LogP contribution in [0.5, 0.6) is 0 Å². The van der Waals surface area contributed by atoms with Crippen LogP contribution in [0.15, 0.2) is 109 Å². The van der Waals surface area contributed by atoms with Gasteiger partial charge in [-0.05, 0) is 69.2 Å². The number of benzene rings is 1. The second-order valence-electron chi connectivity index (χ2n) is 21.4. The third-order valence-corrected chi connectivity index (χ3v) is 14.4. The normalized spacial score (nSPS) is 38.0. The van der Waals surface area contributed by atoms with Crippen LogP contribution in [0, 0.1) is 17.8 Å². The van der Waals surface area contributed by atoms with E-state index in [0.29, 0.717) is 12.0 Å². The zero-order valence-electron chi connectivity index (χ0n) is 46.0. The Kier molecular flexibility index (Phi) is 28.4. The quantitative estimate of drug-likeness (QED) is 0.112. The van der Waals surface area contributed by atoms with Crippen LogP contribution in [0.1, 0.15) is 108 Å². The van der Waals surface area contributed by atoms with Gasteiger partial charge in [-0.2, -0.15) is 0 Å². The van der Waals surface area contributed by atoms with Crippen molar-refractivity contribution in [2.24, 2.45) is 23.5 Å². The van der Waals surface area contributed by atoms with E-state index < -0.39 is 172 Å². The molecule has 80 heavy (non-hydrogen) atoms. The predicted molar refractivity (Wildman–Crippen MR) is 295 cm³/mol. The molecule has 21 heteroatoms. The predicted octanol–water partition coefficient (Wildman–Crippen LogP) is 2.75. The van der Waals surface area contributed by atoms with E-state index in [0.717, 1.165) is 5.69 Å². The van der Waals surface area contributed by atoms with Gasteiger partial charge in [-0.3, -0.25) is 19.2 Å². The highest BCUT2D eigenvalue weighted by atomic mass is 16.7. The number of nitrogens with one attached hydrogen (secondary N) is 1. The summed E-state index contributed by atoms with van der Waals surface area (Å²) in [4.78, 5) is 51.7. The fraction of sp³-hybridized carbons (Fsp3) is 0.593. The van der Waals surface area contributed by atoms with Crippen LogP contribution in [0.25, 0.3) is 0 Å². The number of carbonyl (C=O) groups excluding carboxylic acids is 3. The maximum Gasteiger partial charge on any atom is 0.311 e. The van der Waals surface area contributed by atoms with Gasteiger partial charge in [-0.25, -0.2) is 0 Å². The third kappa shape index (κ3) is 23.0. The number of aliphatic hydroxyl groups excluding tert-OH is 9. The summed E-state index contributed by atoms with van der Waals surface area (Å²) in [5.41, 5.74) is 7.35. The maximum atomic E-state index is 13.3. The summed E-state index contributed by atoms with van der Waals surface area (Å²) in [6, 6.07) is 5.74. The molecule has 3 unspecified atom stereocenters. The Labute approximate surface area is 468 Å². The summed E-state index contributed by atoms with van der Waals surface area (Å²) in [7, 11) is 1.77. The Balaban J connectivity index is 1.54. The summed E-state index contributed by atoms with van der Waals surface area (Å²) >= 11 is 0. The molecule has 1 aromatic carbocycles. The molecule has 2 fully saturated rings. The van der Waals surface area contributed by atoms with Crippen molar-refractivity contribution in [2.75, 3.05) is 12.4 Å². The van der Waals surface area contributed by atoms with Crippen molar-refractivity contribution in [2.45, 2.75) is 195 Å². The first kappa shape index (κ1) is 67.4. The monoisotopic (exact) mass is 1130 g/mol. The van der Waals surface area contributed by atoms with Gasteiger partial charge in [0.2, 0.25) is 0 Å². The number of esters is 1. The van der Waals surface area contributed by atoms with Crippen LogP contribution >= 0.6 is 0 Å². The average molecular weight is 1130 g/mol. The van der Waals surface area contributed by atoms with E-state index in [1.54, 1.807) is 104 Å². The molecule has 0 radical (unpaired) electrons. The van der Waals surface area contributed by atoms with Gasteiger partial charge in [0.25, 0.3) is 0 Å². The molecule has 0 aromatic heterocycles. The first-order valence-electron chi connectivity index (χ1n) is 27.4. The summed E-state index contributed by atoms with van der Waals surface area (Å²) in [6.45, 7) is 5.22. The van der Waals surface area contributed by atoms with E-state index in [1.165, 1.54) is 13.0 Å². The van der Waals surface area contributed by atoms with E-state index in [1.807, 2.05) is 19.9 Å². The van der Waals surface area contributed by atoms with Crippen LogP contribution in [0.2, 0.25) is 0 Å². The molecule has 0 amide bonds. The minimum absolute atomic E-state index is 0.106. The molecular formula is C59H86N2O19. The molecule has 3 heterocycles. The number of cyclic esters (lactones) is 1. The fourth-order valence-corrected chi connectivity index (χ4v) is 10.1. The van der Waals surface area contributed by atoms with Crippen LogP contribution in [-0.4, -0.2) is 184 Å². The number of ether oxygens (including phenoxy) is 4. The Morgan fingerprint density at radius 2 is 1.27 bits per heavy atom. The second kappa shape index (κ2) is 33.7. The largest absolute Gasteiger partial charge is 0.481 e. The van der Waals surface area contributed by atoms with Gasteiger partial charge in [0.15, 0.2) is 17.9 Å². The Hall–Kier alpha value is -5.08. The number of carboxylic acids is 1. The Bertz CT molecular complexity index is 2300. The maximum absolute atomic E-state index is 13.3. The molecule has 3 aliphatic rings. The first-order chi connectivity index (χ1) is 37.9. The molecule has 19 atom stereocenters. The van der Waals surface area contributed by atoms with Gasteiger partial charge in [0, 0.05) is 62.7 Å². The number of ketones is 2. The number of Topliss-reactive ketones (excluding diaryl/α,β-unsaturated/α-hetero) is 2. The van der Waals surface area contributed by atoms with E-state index in [2.05, 4.69) is 5.32 Å². The molecule has 446 valence electrons. The van der Waals surface area contributed by atoms with Crippen molar-refractivity contribution in [3.63, 3.8) is 0 Å². The molecule has 3 aliphatic heterocycles. The first-order valence-corrected chi connectivity index (χ1v) is 27.4. The van der Waals surface area contributed by atoms with Crippen molar-refractivity contribution in [1.82, 2.24) is 0 Å². The van der Waals surface area contributed by atoms with E-state index >= 15 is 0 Å². The van der Waals surface area contributed by atoms with Crippen molar-refractivity contribution in [1.29, 1.82) is 0 Å². The zero-order chi connectivity index (χ0) is 59.1. The molecule has 1 aromatic rings. The average Bonchev–Trinajstić information content (AvgIpc) is 3.48. The number of anilines is 1. The van der Waals surface area contributed by atoms with Crippen molar-refractivity contribution >= 4 is 29.2 Å². The van der Waals surface area contributed by atoms with Gasteiger partial charge >= 0.3 is 11.9 Å². The van der Waals surface area contributed by atoms with Crippen LogP contribution in [-0.2, 0) is 33.3 Å². The molecule has 21 nitrogen and oxygen atoms in total. The number of rotatable bonds is 11. The lowest BCUT2D eigenvalue weighted by molar-refractivity contribution is -0.308. The van der Waals surface area contributed by atoms with Gasteiger partial charge < -0.3 is 86.2 Å². The number of carboxylic acid groups (broad SMARTS) is 1. The lowest BCUT2D eigenvalue weighted by atomic mass is 9.82. The topological polar surface area (TPSA) is 366 Å². The molecule has 2 bridgehead atoms. The Morgan fingerprint density at radius 3 is 1.86 bits per heavy atom. The number of aliphatic hydroxyl groups is 10. The highest BCUT2D eigenvalue weighted by molar-refractivity contribution is 5.96. The van der Waals surface area contributed by atoms with E-state index in [-0.39, 0.29) is 36.9 Å². The number of carbonyl (C=O) groups is 4. The lowest BCUT2D eigenvalue weighted by Gasteiger charge is -2.45. The number of allylic oxidation sites excluding steroid dienone is 12. The number of aliphatic carboxylic acids is 1. The molecule has 0 saturated carbocycles. The smallest absolute Gasteiger partial charge is 0.311 e. The molecule has 14 N–H and O–H groups in total. The SMILES string of the molecule is CNc1ccc(C(=O)CC(O)CC[C@H](C)[C@H]2OC(=O)C[C@H](O)CC(=O)CC(O)C[C@H](O)CC(O)C[C@H](O)C[C@]3(O)C[C@H](O)[C@@H](C(=O)O)[C@H](C[C@@H](O[C@@H]4O[C@H](C)[C@@H](O)[C@H](N)[C@@H]4O)/C=C/C=C/C=C/C=C\C=C/C=C/C=C/[C@@H]2C)O3)cc1. The third-order valence-electron chi connectivity index (χ3n) is 14.4. The number of nitrogens with two attached hydrogens (primary N) is 1. The standard InChI is InChI=1S/C59H86N2O19/c1-35-17-15-13-11-9-7-5-6-8-10-12-14-16-18-47(78-58-55(73)53(60)54(72)37(3)77-58)32-50-52(57(74)75)49(70)34-59(76,80-50)33-46(68)29-44(66)27-42(64)25-41(63)26-43(65)28-45(67)31-51(71)79-56(35)36(2)19-24-40(62)30-48(69)38-20-22-39(61-4)23-21-38/h5-18,20-23,35-37,40-42,44-47,49-50,52-56,58,61-64,66-68,70,72-73,76H,19,24-34,60H2,1-4H3,(H,74,75)/b6-5-,9-7-,10-8+,13-11+,14-12+,17-15+,18-16+/t35-,36-,37+,40?,41?,42-,44?,45+,46-,47-,49-,50-,52+,53-,54+,55-,56-,58-,59+/m0/s1. The highest BCUT2D eigenvalue weighted by Crippen LogP contribution is 2.38. The van der Waals surface area contributed by atoms with E-state index in [4.69, 9.17) is 24.7 Å². The van der Waals surface area contributed by atoms with Gasteiger partial charge in [-0.15, -0.1) is 0 Å². The van der Waals surface area contributed by atoms with Crippen molar-refractivity contribution < 1.29 is 94.3 Å². The van der Waals surface area contributed by atoms with Crippen LogP contribution in [0.4, 0.5) is 5.69 Å². The minimum Gasteiger partial charge on any atom is -0.481 e. The highest BCUT2D eigenvalue weighted by Gasteiger charge is 2.51. The van der Waals surface area contributed by atoms with Gasteiger partial charge in [-0.1, -0.05) is 98.9 Å². The van der Waals surface area contributed by atoms with Crippen molar-refractivity contribution in [3.05, 3.63) is 115 Å². The number of hydrogen-bond acceptors (Lipinski definition) is 20. The van der Waals surface area contributed by atoms with Gasteiger partial charge in [0.05, 0.1) is 79.6 Å². The molecule has 2 saturated heterocycles. The molecule has 4 rings (SSSR count). The number of fused-ring (bicyclic) bond motifs is 2. The zero-order valence-corrected chi connectivity index (χ0v) is 46.0. The Morgan fingerprint density at radius 1 is 0.725 bits per heavy atom. The second-order valence-corrected chi connectivity index (χ2v) is 21.4. The van der Waals surface area contributed by atoms with E-state index in [9.17, 15) is 75.3 Å².